The maximum absolute atomic E-state index is 12.9. The topological polar surface area (TPSA) is 81.1 Å². The highest BCUT2D eigenvalue weighted by molar-refractivity contribution is 7.89. The number of para-hydroxylation sites is 2. The van der Waals surface area contributed by atoms with Crippen LogP contribution < -0.4 is 5.32 Å². The van der Waals surface area contributed by atoms with Crippen LogP contribution >= 0.6 is 0 Å². The van der Waals surface area contributed by atoms with E-state index in [0.717, 1.165) is 18.4 Å². The first-order valence-electron chi connectivity index (χ1n) is 9.02. The molecule has 0 saturated carbocycles. The summed E-state index contributed by atoms with van der Waals surface area (Å²) in [6.45, 7) is 1.37. The minimum Gasteiger partial charge on any atom is -0.348 e. The number of amides is 1. The number of hydrogen-bond donors (Lipinski definition) is 1. The molecule has 0 radical (unpaired) electrons. The predicted molar refractivity (Wildman–Crippen MR) is 106 cm³/mol. The molecule has 1 N–H and O–H groups in total. The molecule has 3 rings (SSSR count). The second kappa shape index (κ2) is 8.10. The maximum Gasteiger partial charge on any atom is 0.416 e. The zero-order chi connectivity index (χ0) is 22.1. The summed E-state index contributed by atoms with van der Waals surface area (Å²) in [5.41, 5.74) is 0.662. The van der Waals surface area contributed by atoms with E-state index in [9.17, 15) is 26.4 Å². The number of sulfone groups is 1. The summed E-state index contributed by atoms with van der Waals surface area (Å²) in [6.07, 6.45) is -3.40. The van der Waals surface area contributed by atoms with Crippen LogP contribution in [0.25, 0.3) is 11.0 Å². The standard InChI is InChI=1S/C20H20F3N3O3S/c1-13(14-6-5-7-15(10-14)20(21,22)23)24-19(27)11-26-17-9-4-3-8-16(17)25-18(26)12-30(2,28)29/h3-10,13H,11-12H2,1-2H3,(H,24,27). The van der Waals surface area contributed by atoms with Gasteiger partial charge < -0.3 is 9.88 Å². The normalized spacial score (nSPS) is 13.4. The largest absolute Gasteiger partial charge is 0.416 e. The number of nitrogens with zero attached hydrogens (tertiary/aromatic N) is 2. The number of hydrogen-bond acceptors (Lipinski definition) is 4. The lowest BCUT2D eigenvalue weighted by Crippen LogP contribution is -2.31. The summed E-state index contributed by atoms with van der Waals surface area (Å²) < 4.78 is 63.8. The first-order chi connectivity index (χ1) is 13.9. The molecule has 1 atom stereocenters. The summed E-state index contributed by atoms with van der Waals surface area (Å²) in [5, 5.41) is 2.66. The zero-order valence-corrected chi connectivity index (χ0v) is 17.1. The molecule has 0 fully saturated rings. The van der Waals surface area contributed by atoms with Gasteiger partial charge in [0.05, 0.1) is 22.6 Å². The molecule has 3 aromatic rings. The fourth-order valence-corrected chi connectivity index (χ4v) is 3.83. The van der Waals surface area contributed by atoms with Crippen LogP contribution in [0.1, 0.15) is 29.9 Å². The number of fused-ring (bicyclic) bond motifs is 1. The number of rotatable bonds is 6. The van der Waals surface area contributed by atoms with Crippen LogP contribution in [0, 0.1) is 0 Å². The van der Waals surface area contributed by atoms with Crippen LogP contribution in [0.4, 0.5) is 13.2 Å². The van der Waals surface area contributed by atoms with Gasteiger partial charge in [-0.05, 0) is 36.8 Å². The van der Waals surface area contributed by atoms with E-state index in [4.69, 9.17) is 0 Å². The molecule has 0 spiro atoms. The lowest BCUT2D eigenvalue weighted by atomic mass is 10.0. The number of halogens is 3. The Balaban J connectivity index is 1.83. The number of benzene rings is 2. The second-order valence-electron chi connectivity index (χ2n) is 7.09. The van der Waals surface area contributed by atoms with Crippen LogP contribution in [-0.2, 0) is 33.1 Å². The van der Waals surface area contributed by atoms with Crippen LogP contribution in [0.15, 0.2) is 48.5 Å². The van der Waals surface area contributed by atoms with Crippen LogP contribution in [0.2, 0.25) is 0 Å². The lowest BCUT2D eigenvalue weighted by Gasteiger charge is -2.17. The minimum absolute atomic E-state index is 0.214. The summed E-state index contributed by atoms with van der Waals surface area (Å²) in [5.74, 6) is -0.587. The van der Waals surface area contributed by atoms with Crippen molar-refractivity contribution in [2.45, 2.75) is 31.4 Å². The van der Waals surface area contributed by atoms with E-state index < -0.39 is 33.5 Å². The number of aromatic nitrogens is 2. The third-order valence-electron chi connectivity index (χ3n) is 4.52. The molecular weight excluding hydrogens is 419 g/mol. The van der Waals surface area contributed by atoms with E-state index in [1.54, 1.807) is 31.2 Å². The van der Waals surface area contributed by atoms with Gasteiger partial charge in [0.25, 0.3) is 0 Å². The van der Waals surface area contributed by atoms with Crippen LogP contribution in [0.3, 0.4) is 0 Å². The number of imidazole rings is 1. The third kappa shape index (κ3) is 5.18. The van der Waals surface area contributed by atoms with Crippen molar-refractivity contribution in [2.75, 3.05) is 6.26 Å². The fourth-order valence-electron chi connectivity index (χ4n) is 3.14. The van der Waals surface area contributed by atoms with Gasteiger partial charge in [0.1, 0.15) is 18.1 Å². The van der Waals surface area contributed by atoms with E-state index in [1.165, 1.54) is 16.7 Å². The number of alkyl halides is 3. The maximum atomic E-state index is 12.9. The van der Waals surface area contributed by atoms with Gasteiger partial charge in [-0.15, -0.1) is 0 Å². The molecule has 0 aliphatic heterocycles. The van der Waals surface area contributed by atoms with Crippen molar-refractivity contribution in [3.8, 4) is 0 Å². The Hall–Kier alpha value is -2.88. The summed E-state index contributed by atoms with van der Waals surface area (Å²) in [6, 6.07) is 11.0. The molecule has 0 bridgehead atoms. The van der Waals surface area contributed by atoms with Gasteiger partial charge in [0.15, 0.2) is 9.84 Å². The highest BCUT2D eigenvalue weighted by Gasteiger charge is 2.30. The highest BCUT2D eigenvalue weighted by Crippen LogP contribution is 2.30. The number of carbonyl (C=O) groups is 1. The Bertz CT molecular complexity index is 1190. The monoisotopic (exact) mass is 439 g/mol. The average molecular weight is 439 g/mol. The average Bonchev–Trinajstić information content (AvgIpc) is 2.96. The fraction of sp³-hybridized carbons (Fsp3) is 0.300. The number of carbonyl (C=O) groups excluding carboxylic acids is 1. The van der Waals surface area contributed by atoms with Gasteiger partial charge in [-0.1, -0.05) is 24.3 Å². The first-order valence-corrected chi connectivity index (χ1v) is 11.1. The summed E-state index contributed by atoms with van der Waals surface area (Å²) >= 11 is 0. The molecule has 0 aliphatic rings. The molecule has 1 aromatic heterocycles. The Kier molecular flexibility index (Phi) is 5.89. The Morgan fingerprint density at radius 2 is 1.87 bits per heavy atom. The molecule has 1 heterocycles. The van der Waals surface area contributed by atoms with E-state index in [1.807, 2.05) is 0 Å². The van der Waals surface area contributed by atoms with Gasteiger partial charge in [-0.25, -0.2) is 13.4 Å². The molecule has 0 aliphatic carbocycles. The Labute approximate surface area is 171 Å². The van der Waals surface area contributed by atoms with Crippen molar-refractivity contribution in [1.29, 1.82) is 0 Å². The minimum atomic E-state index is -4.48. The van der Waals surface area contributed by atoms with Gasteiger partial charge in [0.2, 0.25) is 5.91 Å². The van der Waals surface area contributed by atoms with Crippen molar-refractivity contribution < 1.29 is 26.4 Å². The van der Waals surface area contributed by atoms with Crippen molar-refractivity contribution in [3.05, 3.63) is 65.5 Å². The molecule has 1 unspecified atom stereocenters. The van der Waals surface area contributed by atoms with E-state index in [-0.39, 0.29) is 18.1 Å². The van der Waals surface area contributed by atoms with E-state index in [0.29, 0.717) is 16.6 Å². The van der Waals surface area contributed by atoms with Crippen molar-refractivity contribution >= 4 is 26.8 Å². The predicted octanol–water partition coefficient (Wildman–Crippen LogP) is 3.48. The second-order valence-corrected chi connectivity index (χ2v) is 9.23. The van der Waals surface area contributed by atoms with Crippen LogP contribution in [-0.4, -0.2) is 30.1 Å². The van der Waals surface area contributed by atoms with Gasteiger partial charge >= 0.3 is 6.18 Å². The Morgan fingerprint density at radius 3 is 2.53 bits per heavy atom. The van der Waals surface area contributed by atoms with E-state index in [2.05, 4.69) is 10.3 Å². The highest BCUT2D eigenvalue weighted by atomic mass is 32.2. The molecule has 30 heavy (non-hydrogen) atoms. The molecule has 160 valence electrons. The van der Waals surface area contributed by atoms with Gasteiger partial charge in [0, 0.05) is 6.26 Å². The molecule has 10 heteroatoms. The van der Waals surface area contributed by atoms with Crippen molar-refractivity contribution in [2.24, 2.45) is 0 Å². The Morgan fingerprint density at radius 1 is 1.17 bits per heavy atom. The zero-order valence-electron chi connectivity index (χ0n) is 16.3. The molecule has 6 nitrogen and oxygen atoms in total. The van der Waals surface area contributed by atoms with Gasteiger partial charge in [-0.3, -0.25) is 4.79 Å². The lowest BCUT2D eigenvalue weighted by molar-refractivity contribution is -0.137. The third-order valence-corrected chi connectivity index (χ3v) is 5.30. The molecule has 1 amide bonds. The first kappa shape index (κ1) is 21.8. The quantitative estimate of drug-likeness (QED) is 0.638. The summed E-state index contributed by atoms with van der Waals surface area (Å²) in [4.78, 5) is 16.9. The number of nitrogens with one attached hydrogen (secondary N) is 1. The summed E-state index contributed by atoms with van der Waals surface area (Å²) in [7, 11) is -3.39. The van der Waals surface area contributed by atoms with Gasteiger partial charge in [-0.2, -0.15) is 13.2 Å². The van der Waals surface area contributed by atoms with Crippen molar-refractivity contribution in [1.82, 2.24) is 14.9 Å². The molecular formula is C20H20F3N3O3S. The molecule has 2 aromatic carbocycles. The molecule has 0 saturated heterocycles. The SMILES string of the molecule is CC(NC(=O)Cn1c(CS(C)(=O)=O)nc2ccccc21)c1cccc(C(F)(F)F)c1. The van der Waals surface area contributed by atoms with Crippen LogP contribution in [0.5, 0.6) is 0 Å². The smallest absolute Gasteiger partial charge is 0.348 e. The van der Waals surface area contributed by atoms with Crippen molar-refractivity contribution in [3.63, 3.8) is 0 Å². The van der Waals surface area contributed by atoms with E-state index >= 15 is 0 Å².